The molecule has 2 aromatic rings. The summed E-state index contributed by atoms with van der Waals surface area (Å²) in [5.41, 5.74) is 4.00. The van der Waals surface area contributed by atoms with E-state index in [1.165, 1.54) is 0 Å². The van der Waals surface area contributed by atoms with Gasteiger partial charge in [0.15, 0.2) is 5.78 Å². The largest absolute Gasteiger partial charge is 0.289 e. The predicted octanol–water partition coefficient (Wildman–Crippen LogP) is 2.11. The summed E-state index contributed by atoms with van der Waals surface area (Å²) in [4.78, 5) is 12.1. The number of hydrogen-bond donors (Lipinski definition) is 1. The van der Waals surface area contributed by atoms with Crippen molar-refractivity contribution >= 4 is 5.78 Å². The van der Waals surface area contributed by atoms with E-state index in [9.17, 15) is 4.79 Å². The molecule has 1 radical (unpaired) electrons. The van der Waals surface area contributed by atoms with Gasteiger partial charge in [-0.15, -0.1) is 5.21 Å². The highest BCUT2D eigenvalue weighted by Crippen LogP contribution is 2.26. The average Bonchev–Trinajstić information content (AvgIpc) is 2.41. The lowest BCUT2D eigenvalue weighted by atomic mass is 9.85. The van der Waals surface area contributed by atoms with Crippen molar-refractivity contribution in [3.05, 3.63) is 70.8 Å². The van der Waals surface area contributed by atoms with Crippen LogP contribution in [0.5, 0.6) is 0 Å². The Morgan fingerprint density at radius 2 is 1.18 bits per heavy atom. The van der Waals surface area contributed by atoms with Gasteiger partial charge in [-0.2, -0.15) is 5.90 Å². The van der Waals surface area contributed by atoms with E-state index in [1.807, 2.05) is 48.5 Å². The summed E-state index contributed by atoms with van der Waals surface area (Å²) >= 11 is 0. The molecule has 0 saturated heterocycles. The van der Waals surface area contributed by atoms with Crippen LogP contribution in [0, 0.1) is 0 Å². The number of ketones is 1. The van der Waals surface area contributed by atoms with E-state index in [-0.39, 0.29) is 5.78 Å². The van der Waals surface area contributed by atoms with Crippen molar-refractivity contribution in [1.82, 2.24) is 0 Å². The van der Waals surface area contributed by atoms with E-state index in [0.717, 1.165) is 28.7 Å². The van der Waals surface area contributed by atoms with Crippen LogP contribution >= 0.6 is 0 Å². The molecule has 0 fully saturated rings. The number of hydrogen-bond acceptors (Lipinski definition) is 2. The van der Waals surface area contributed by atoms with Crippen LogP contribution in [0.15, 0.2) is 48.5 Å². The van der Waals surface area contributed by atoms with E-state index < -0.39 is 0 Å². The number of fused-ring (bicyclic) bond motifs is 2. The Morgan fingerprint density at radius 1 is 0.765 bits per heavy atom. The number of carbonyl (C=O) groups excluding carboxylic acids is 1. The van der Waals surface area contributed by atoms with Gasteiger partial charge in [-0.05, 0) is 17.5 Å². The quantitative estimate of drug-likeness (QED) is 0.597. The lowest BCUT2D eigenvalue weighted by Crippen LogP contribution is -2.14. The van der Waals surface area contributed by atoms with Gasteiger partial charge in [0.1, 0.15) is 0 Å². The standard InChI is InChI=1S/C14H10O.H2NO/c15-14-12-7-3-1-5-10(12)9-11-6-2-4-8-13(11)14;1-2/h1-8H,9H2;1H2. The van der Waals surface area contributed by atoms with Crippen molar-refractivity contribution in [3.63, 3.8) is 0 Å². The van der Waals surface area contributed by atoms with Crippen LogP contribution in [0.4, 0.5) is 0 Å². The first-order valence-corrected chi connectivity index (χ1v) is 5.30. The fourth-order valence-corrected chi connectivity index (χ4v) is 2.14. The van der Waals surface area contributed by atoms with Crippen molar-refractivity contribution in [2.45, 2.75) is 6.42 Å². The average molecular weight is 226 g/mol. The van der Waals surface area contributed by atoms with Gasteiger partial charge in [0.05, 0.1) is 0 Å². The van der Waals surface area contributed by atoms with Crippen molar-refractivity contribution < 1.29 is 10.0 Å². The molecular weight excluding hydrogens is 214 g/mol. The Labute approximate surface area is 99.5 Å². The van der Waals surface area contributed by atoms with Crippen LogP contribution in [0.25, 0.3) is 0 Å². The predicted molar refractivity (Wildman–Crippen MR) is 64.0 cm³/mol. The topological polar surface area (TPSA) is 63.0 Å². The van der Waals surface area contributed by atoms with Gasteiger partial charge < -0.3 is 0 Å². The summed E-state index contributed by atoms with van der Waals surface area (Å²) in [5, 5.41) is 7.75. The van der Waals surface area contributed by atoms with Crippen LogP contribution in [0.1, 0.15) is 27.0 Å². The highest BCUT2D eigenvalue weighted by atomic mass is 16.4. The number of benzene rings is 2. The Kier molecular flexibility index (Phi) is 3.32. The normalized spacial score (nSPS) is 12.0. The second kappa shape index (κ2) is 4.91. The lowest BCUT2D eigenvalue weighted by molar-refractivity contribution is 0.103. The summed E-state index contributed by atoms with van der Waals surface area (Å²) in [7, 11) is 0. The van der Waals surface area contributed by atoms with E-state index in [4.69, 9.17) is 5.21 Å². The maximum absolute atomic E-state index is 12.1. The van der Waals surface area contributed by atoms with Gasteiger partial charge in [-0.1, -0.05) is 48.5 Å². The zero-order valence-electron chi connectivity index (χ0n) is 9.22. The number of nitrogens with two attached hydrogens (primary N) is 1. The van der Waals surface area contributed by atoms with Crippen molar-refractivity contribution in [2.24, 2.45) is 5.90 Å². The molecule has 0 atom stereocenters. The molecule has 0 aromatic heterocycles. The molecule has 2 aromatic carbocycles. The minimum Gasteiger partial charge on any atom is -0.289 e. The van der Waals surface area contributed by atoms with Crippen LogP contribution in [0.2, 0.25) is 0 Å². The third kappa shape index (κ3) is 1.98. The minimum atomic E-state index is 0.160. The molecule has 1 aliphatic rings. The smallest absolute Gasteiger partial charge is 0.193 e. The van der Waals surface area contributed by atoms with Crippen molar-refractivity contribution in [2.75, 3.05) is 0 Å². The number of carbonyl (C=O) groups is 1. The van der Waals surface area contributed by atoms with Gasteiger partial charge in [0, 0.05) is 11.1 Å². The van der Waals surface area contributed by atoms with Crippen LogP contribution in [-0.4, -0.2) is 5.78 Å². The summed E-state index contributed by atoms with van der Waals surface area (Å²) in [6.07, 6.45) is 0.873. The Balaban J connectivity index is 0.000000514. The van der Waals surface area contributed by atoms with E-state index in [2.05, 4.69) is 5.90 Å². The highest BCUT2D eigenvalue weighted by molar-refractivity contribution is 6.12. The number of rotatable bonds is 0. The Morgan fingerprint density at radius 3 is 1.65 bits per heavy atom. The van der Waals surface area contributed by atoms with E-state index in [1.54, 1.807) is 0 Å². The van der Waals surface area contributed by atoms with Crippen LogP contribution in [-0.2, 0) is 11.6 Å². The third-order valence-electron chi connectivity index (χ3n) is 2.90. The molecule has 17 heavy (non-hydrogen) atoms. The van der Waals surface area contributed by atoms with E-state index in [0.29, 0.717) is 0 Å². The van der Waals surface area contributed by atoms with E-state index >= 15 is 0 Å². The van der Waals surface area contributed by atoms with Gasteiger partial charge in [0.2, 0.25) is 0 Å². The summed E-state index contributed by atoms with van der Waals surface area (Å²) < 4.78 is 0. The molecule has 3 rings (SSSR count). The maximum atomic E-state index is 12.1. The van der Waals surface area contributed by atoms with Gasteiger partial charge in [-0.25, -0.2) is 0 Å². The zero-order valence-corrected chi connectivity index (χ0v) is 9.22. The first-order chi connectivity index (χ1) is 8.36. The van der Waals surface area contributed by atoms with Crippen LogP contribution in [0.3, 0.4) is 0 Å². The fraction of sp³-hybridized carbons (Fsp3) is 0.0714. The molecular formula is C14H12NO2. The molecule has 0 saturated carbocycles. The molecule has 0 amide bonds. The molecule has 3 nitrogen and oxygen atoms in total. The second-order valence-corrected chi connectivity index (χ2v) is 3.82. The summed E-state index contributed by atoms with van der Waals surface area (Å²) in [6.45, 7) is 0. The van der Waals surface area contributed by atoms with Gasteiger partial charge >= 0.3 is 0 Å². The molecule has 85 valence electrons. The lowest BCUT2D eigenvalue weighted by Gasteiger charge is -2.17. The molecule has 0 unspecified atom stereocenters. The first kappa shape index (κ1) is 11.5. The summed E-state index contributed by atoms with van der Waals surface area (Å²) in [5.74, 6) is 3.41. The SMILES string of the molecule is N[O].O=C1c2ccccc2Cc2ccccc21. The maximum Gasteiger partial charge on any atom is 0.193 e. The van der Waals surface area contributed by atoms with Crippen molar-refractivity contribution in [1.29, 1.82) is 0 Å². The van der Waals surface area contributed by atoms with Crippen LogP contribution < -0.4 is 5.90 Å². The molecule has 0 bridgehead atoms. The first-order valence-electron chi connectivity index (χ1n) is 5.30. The molecule has 0 spiro atoms. The second-order valence-electron chi connectivity index (χ2n) is 3.82. The fourth-order valence-electron chi connectivity index (χ4n) is 2.14. The van der Waals surface area contributed by atoms with Gasteiger partial charge in [0.25, 0.3) is 0 Å². The molecule has 0 heterocycles. The highest BCUT2D eigenvalue weighted by Gasteiger charge is 2.21. The molecule has 1 aliphatic carbocycles. The molecule has 2 N–H and O–H groups in total. The molecule has 0 aliphatic heterocycles. The molecule has 3 heteroatoms. The summed E-state index contributed by atoms with van der Waals surface area (Å²) in [6, 6.07) is 15.7. The Hall–Kier alpha value is -1.97. The Bertz CT molecular complexity index is 502. The van der Waals surface area contributed by atoms with Crippen molar-refractivity contribution in [3.8, 4) is 0 Å². The third-order valence-corrected chi connectivity index (χ3v) is 2.90. The van der Waals surface area contributed by atoms with Gasteiger partial charge in [-0.3, -0.25) is 4.79 Å². The zero-order chi connectivity index (χ0) is 12.3. The minimum absolute atomic E-state index is 0.160. The monoisotopic (exact) mass is 226 g/mol.